The molecule has 1 aliphatic carbocycles. The molecule has 4 N–H and O–H groups in total. The van der Waals surface area contributed by atoms with E-state index in [0.717, 1.165) is 12.8 Å². The molecular formula is C25H34N7O6P. The van der Waals surface area contributed by atoms with Gasteiger partial charge in [0.25, 0.3) is 0 Å². The number of benzene rings is 1. The number of anilines is 2. The lowest BCUT2D eigenvalue weighted by molar-refractivity contribution is -0.149. The summed E-state index contributed by atoms with van der Waals surface area (Å²) in [6, 6.07) is 8.07. The summed E-state index contributed by atoms with van der Waals surface area (Å²) in [6.45, 7) is 4.99. The molecule has 4 atom stereocenters. The molecule has 0 spiro atoms. The first-order chi connectivity index (χ1) is 18.7. The minimum Gasteiger partial charge on any atom is -0.462 e. The summed E-state index contributed by atoms with van der Waals surface area (Å²) in [6.07, 6.45) is 4.06. The van der Waals surface area contributed by atoms with E-state index in [9.17, 15) is 9.36 Å². The van der Waals surface area contributed by atoms with Crippen molar-refractivity contribution < 1.29 is 27.9 Å². The van der Waals surface area contributed by atoms with Gasteiger partial charge in [-0.1, -0.05) is 18.2 Å². The standard InChI is InChI=1S/C25H34N7O6P/c1-15(2)36-24(33)16(3)31-39(34,38-18-7-5-4-6-8-18)35-13-19-11-12-20(37-19)32-14-27-21-22(28-17-9-10-17)29-25(26)30-23(21)32/h4-8,14-17,19-20H,9-13H2,1-3H3,(H,31,34)(H3,26,28,29,30)/t16-,19-,20+,39-/m0/s1. The van der Waals surface area contributed by atoms with E-state index in [1.807, 2.05) is 10.6 Å². The number of hydrogen-bond acceptors (Lipinski definition) is 11. The van der Waals surface area contributed by atoms with E-state index in [0.29, 0.717) is 41.6 Å². The second-order valence-electron chi connectivity index (χ2n) is 10.00. The highest BCUT2D eigenvalue weighted by molar-refractivity contribution is 7.52. The van der Waals surface area contributed by atoms with E-state index in [2.05, 4.69) is 25.4 Å². The van der Waals surface area contributed by atoms with Gasteiger partial charge in [0.1, 0.15) is 18.0 Å². The highest BCUT2D eigenvalue weighted by atomic mass is 31.2. The number of nitrogens with one attached hydrogen (secondary N) is 2. The number of imidazole rings is 1. The molecule has 1 saturated carbocycles. The number of rotatable bonds is 12. The lowest BCUT2D eigenvalue weighted by Crippen LogP contribution is -2.36. The van der Waals surface area contributed by atoms with Crippen LogP contribution in [-0.2, 0) is 23.4 Å². The van der Waals surface area contributed by atoms with Crippen LogP contribution < -0.4 is 20.7 Å². The van der Waals surface area contributed by atoms with Gasteiger partial charge in [-0.25, -0.2) is 9.55 Å². The molecule has 14 heteroatoms. The topological polar surface area (TPSA) is 165 Å². The van der Waals surface area contributed by atoms with Gasteiger partial charge in [-0.3, -0.25) is 13.9 Å². The predicted octanol–water partition coefficient (Wildman–Crippen LogP) is 3.79. The molecule has 39 heavy (non-hydrogen) atoms. The third kappa shape index (κ3) is 6.85. The second-order valence-corrected chi connectivity index (χ2v) is 11.7. The second kappa shape index (κ2) is 11.5. The minimum atomic E-state index is -3.98. The lowest BCUT2D eigenvalue weighted by Gasteiger charge is -2.24. The molecular weight excluding hydrogens is 525 g/mol. The summed E-state index contributed by atoms with van der Waals surface area (Å²) in [5.74, 6) is 0.541. The van der Waals surface area contributed by atoms with Gasteiger partial charge in [-0.15, -0.1) is 0 Å². The molecule has 2 fully saturated rings. The average molecular weight is 560 g/mol. The number of para-hydroxylation sites is 1. The molecule has 13 nitrogen and oxygen atoms in total. The van der Waals surface area contributed by atoms with Crippen LogP contribution in [0.2, 0.25) is 0 Å². The molecule has 0 radical (unpaired) electrons. The molecule has 0 unspecified atom stereocenters. The van der Waals surface area contributed by atoms with Gasteiger partial charge in [-0.2, -0.15) is 15.1 Å². The number of ether oxygens (including phenoxy) is 2. The Kier molecular flexibility index (Phi) is 8.03. The number of fused-ring (bicyclic) bond motifs is 1. The van der Waals surface area contributed by atoms with E-state index in [4.69, 9.17) is 24.3 Å². The number of carbonyl (C=O) groups is 1. The van der Waals surface area contributed by atoms with Crippen molar-refractivity contribution in [3.8, 4) is 5.75 Å². The number of nitrogen functional groups attached to an aromatic ring is 1. The van der Waals surface area contributed by atoms with Crippen molar-refractivity contribution in [3.05, 3.63) is 36.7 Å². The quantitative estimate of drug-likeness (QED) is 0.217. The van der Waals surface area contributed by atoms with E-state index in [1.165, 1.54) is 0 Å². The van der Waals surface area contributed by atoms with Crippen LogP contribution in [0.3, 0.4) is 0 Å². The first-order valence-corrected chi connectivity index (χ1v) is 14.6. The monoisotopic (exact) mass is 559 g/mol. The summed E-state index contributed by atoms with van der Waals surface area (Å²) in [7, 11) is -3.98. The first-order valence-electron chi connectivity index (χ1n) is 13.1. The fourth-order valence-electron chi connectivity index (χ4n) is 4.20. The van der Waals surface area contributed by atoms with E-state index in [1.54, 1.807) is 51.4 Å². The number of hydrogen-bond donors (Lipinski definition) is 3. The fraction of sp³-hybridized carbons (Fsp3) is 0.520. The Morgan fingerprint density at radius 2 is 1.95 bits per heavy atom. The average Bonchev–Trinajstić information content (AvgIpc) is 3.40. The number of esters is 1. The number of carbonyl (C=O) groups excluding carboxylic acids is 1. The Morgan fingerprint density at radius 3 is 2.67 bits per heavy atom. The van der Waals surface area contributed by atoms with Crippen LogP contribution >= 0.6 is 7.75 Å². The third-order valence-corrected chi connectivity index (χ3v) is 7.85. The van der Waals surface area contributed by atoms with Gasteiger partial charge in [0, 0.05) is 6.04 Å². The Hall–Kier alpha value is -3.25. The van der Waals surface area contributed by atoms with E-state index < -0.39 is 19.8 Å². The smallest absolute Gasteiger partial charge is 0.459 e. The molecule has 5 rings (SSSR count). The predicted molar refractivity (Wildman–Crippen MR) is 144 cm³/mol. The zero-order valence-electron chi connectivity index (χ0n) is 22.1. The molecule has 210 valence electrons. The maximum Gasteiger partial charge on any atom is 0.459 e. The largest absolute Gasteiger partial charge is 0.462 e. The Bertz CT molecular complexity index is 1350. The lowest BCUT2D eigenvalue weighted by atomic mass is 10.2. The summed E-state index contributed by atoms with van der Waals surface area (Å²) < 4.78 is 38.5. The fourth-order valence-corrected chi connectivity index (χ4v) is 5.72. The number of nitrogens with zero attached hydrogens (tertiary/aromatic N) is 4. The summed E-state index contributed by atoms with van der Waals surface area (Å²) >= 11 is 0. The van der Waals surface area contributed by atoms with Crippen molar-refractivity contribution in [2.45, 2.75) is 77.0 Å². The molecule has 0 amide bonds. The van der Waals surface area contributed by atoms with E-state index in [-0.39, 0.29) is 31.0 Å². The van der Waals surface area contributed by atoms with Gasteiger partial charge in [0.15, 0.2) is 17.0 Å². The van der Waals surface area contributed by atoms with Crippen LogP contribution in [0.1, 0.15) is 52.7 Å². The van der Waals surface area contributed by atoms with Crippen molar-refractivity contribution in [1.29, 1.82) is 0 Å². The van der Waals surface area contributed by atoms with Gasteiger partial charge in [0.2, 0.25) is 5.95 Å². The Morgan fingerprint density at radius 1 is 1.18 bits per heavy atom. The zero-order chi connectivity index (χ0) is 27.6. The number of nitrogens with two attached hydrogens (primary N) is 1. The highest BCUT2D eigenvalue weighted by Gasteiger charge is 2.36. The maximum atomic E-state index is 13.7. The van der Waals surface area contributed by atoms with Crippen LogP contribution in [0.25, 0.3) is 11.2 Å². The molecule has 3 heterocycles. The van der Waals surface area contributed by atoms with Crippen molar-refractivity contribution in [1.82, 2.24) is 24.6 Å². The zero-order valence-corrected chi connectivity index (χ0v) is 23.0. The van der Waals surface area contributed by atoms with Crippen molar-refractivity contribution >= 4 is 36.6 Å². The summed E-state index contributed by atoms with van der Waals surface area (Å²) in [4.78, 5) is 25.6. The minimum absolute atomic E-state index is 0.0300. The Balaban J connectivity index is 1.26. The van der Waals surface area contributed by atoms with Crippen LogP contribution in [0.4, 0.5) is 11.8 Å². The Labute approximate surface area is 226 Å². The van der Waals surface area contributed by atoms with Gasteiger partial charge < -0.3 is 25.0 Å². The van der Waals surface area contributed by atoms with Gasteiger partial charge >= 0.3 is 13.7 Å². The third-order valence-electron chi connectivity index (χ3n) is 6.21. The molecule has 0 bridgehead atoms. The first kappa shape index (κ1) is 27.3. The molecule has 1 aliphatic heterocycles. The van der Waals surface area contributed by atoms with Crippen molar-refractivity contribution in [3.63, 3.8) is 0 Å². The van der Waals surface area contributed by atoms with Gasteiger partial charge in [-0.05, 0) is 58.6 Å². The normalized spacial score (nSPS) is 21.5. The maximum absolute atomic E-state index is 13.7. The van der Waals surface area contributed by atoms with Crippen LogP contribution in [-0.4, -0.2) is 56.4 Å². The van der Waals surface area contributed by atoms with E-state index >= 15 is 0 Å². The van der Waals surface area contributed by atoms with Gasteiger partial charge in [0.05, 0.1) is 25.1 Å². The van der Waals surface area contributed by atoms with Crippen molar-refractivity contribution in [2.75, 3.05) is 17.7 Å². The highest BCUT2D eigenvalue weighted by Crippen LogP contribution is 2.46. The molecule has 1 aromatic carbocycles. The molecule has 3 aromatic rings. The molecule has 2 aromatic heterocycles. The van der Waals surface area contributed by atoms with Crippen molar-refractivity contribution in [2.24, 2.45) is 0 Å². The summed E-state index contributed by atoms with van der Waals surface area (Å²) in [5.41, 5.74) is 7.18. The van der Waals surface area contributed by atoms with Crippen LogP contribution in [0, 0.1) is 0 Å². The number of aromatic nitrogens is 4. The SMILES string of the molecule is CC(C)OC(=O)[C@H](C)N[P@](=O)(OC[C@@H]1CC[C@H](n2cnc3c(NC4CC4)nc(N)nc32)O1)Oc1ccccc1. The van der Waals surface area contributed by atoms with Crippen LogP contribution in [0.5, 0.6) is 5.75 Å². The molecule has 2 aliphatic rings. The molecule has 1 saturated heterocycles. The summed E-state index contributed by atoms with van der Waals surface area (Å²) in [5, 5.41) is 6.05. The van der Waals surface area contributed by atoms with Crippen LogP contribution in [0.15, 0.2) is 36.7 Å².